The van der Waals surface area contributed by atoms with Crippen molar-refractivity contribution in [2.75, 3.05) is 53.3 Å². The Morgan fingerprint density at radius 2 is 1.65 bits per heavy atom. The van der Waals surface area contributed by atoms with Crippen molar-refractivity contribution in [2.24, 2.45) is 11.1 Å². The molecule has 6 heteroatoms. The van der Waals surface area contributed by atoms with Gasteiger partial charge in [-0.1, -0.05) is 6.92 Å². The normalized spacial score (nSPS) is 14.0. The van der Waals surface area contributed by atoms with Crippen LogP contribution in [0.5, 0.6) is 0 Å². The maximum Gasteiger partial charge on any atom is 0.313 e. The smallest absolute Gasteiger partial charge is 0.313 e. The van der Waals surface area contributed by atoms with Gasteiger partial charge < -0.3 is 24.7 Å². The predicted octanol–water partition coefficient (Wildman–Crippen LogP) is 0.974. The Labute approximate surface area is 121 Å². The second-order valence-electron chi connectivity index (χ2n) is 4.53. The zero-order valence-corrected chi connectivity index (χ0v) is 13.0. The second kappa shape index (κ2) is 12.1. The molecule has 0 aromatic heterocycles. The molecule has 0 radical (unpaired) electrons. The second-order valence-corrected chi connectivity index (χ2v) is 4.53. The van der Waals surface area contributed by atoms with Crippen LogP contribution in [0.4, 0.5) is 0 Å². The van der Waals surface area contributed by atoms with Crippen LogP contribution in [-0.4, -0.2) is 59.3 Å². The van der Waals surface area contributed by atoms with Crippen LogP contribution in [-0.2, 0) is 23.7 Å². The molecule has 0 aliphatic rings. The number of esters is 1. The Morgan fingerprint density at radius 3 is 2.15 bits per heavy atom. The van der Waals surface area contributed by atoms with E-state index >= 15 is 0 Å². The minimum absolute atomic E-state index is 0.232. The Kier molecular flexibility index (Phi) is 11.7. The fourth-order valence-corrected chi connectivity index (χ4v) is 1.77. The van der Waals surface area contributed by atoms with E-state index in [9.17, 15) is 4.79 Å². The van der Waals surface area contributed by atoms with Crippen LogP contribution in [0.1, 0.15) is 26.7 Å². The van der Waals surface area contributed by atoms with Crippen LogP contribution in [0.2, 0.25) is 0 Å². The highest BCUT2D eigenvalue weighted by atomic mass is 16.5. The molecule has 2 N–H and O–H groups in total. The van der Waals surface area contributed by atoms with Crippen LogP contribution in [0.15, 0.2) is 0 Å². The van der Waals surface area contributed by atoms with Crippen molar-refractivity contribution in [1.82, 2.24) is 0 Å². The first-order valence-corrected chi connectivity index (χ1v) is 7.18. The zero-order chi connectivity index (χ0) is 15.3. The molecule has 0 aliphatic heterocycles. The van der Waals surface area contributed by atoms with Crippen LogP contribution >= 0.6 is 0 Å². The summed E-state index contributed by atoms with van der Waals surface area (Å²) in [6, 6.07) is 0. The summed E-state index contributed by atoms with van der Waals surface area (Å²) in [5, 5.41) is 0. The van der Waals surface area contributed by atoms with E-state index in [1.54, 1.807) is 14.0 Å². The Morgan fingerprint density at radius 1 is 1.05 bits per heavy atom. The average molecular weight is 291 g/mol. The van der Waals surface area contributed by atoms with E-state index in [0.29, 0.717) is 52.5 Å². The third-order valence-corrected chi connectivity index (χ3v) is 3.30. The van der Waals surface area contributed by atoms with Gasteiger partial charge in [-0.15, -0.1) is 0 Å². The molecule has 0 bridgehead atoms. The third kappa shape index (κ3) is 7.19. The molecule has 20 heavy (non-hydrogen) atoms. The lowest BCUT2D eigenvalue weighted by atomic mass is 9.82. The minimum atomic E-state index is -0.632. The van der Waals surface area contributed by atoms with Gasteiger partial charge in [0.2, 0.25) is 0 Å². The lowest BCUT2D eigenvalue weighted by molar-refractivity contribution is -0.156. The van der Waals surface area contributed by atoms with Gasteiger partial charge in [0.05, 0.1) is 38.4 Å². The van der Waals surface area contributed by atoms with Crippen molar-refractivity contribution in [2.45, 2.75) is 26.7 Å². The largest absolute Gasteiger partial charge is 0.466 e. The highest BCUT2D eigenvalue weighted by molar-refractivity contribution is 5.77. The number of hydrogen-bond acceptors (Lipinski definition) is 6. The van der Waals surface area contributed by atoms with E-state index in [2.05, 4.69) is 0 Å². The summed E-state index contributed by atoms with van der Waals surface area (Å²) >= 11 is 0. The van der Waals surface area contributed by atoms with Gasteiger partial charge in [0.25, 0.3) is 0 Å². The fourth-order valence-electron chi connectivity index (χ4n) is 1.77. The van der Waals surface area contributed by atoms with Gasteiger partial charge in [0, 0.05) is 20.3 Å². The molecule has 0 spiro atoms. The molecule has 0 amide bonds. The molecule has 120 valence electrons. The number of hydrogen-bond donors (Lipinski definition) is 1. The topological polar surface area (TPSA) is 80.0 Å². The maximum absolute atomic E-state index is 12.0. The molecule has 0 heterocycles. The van der Waals surface area contributed by atoms with Crippen molar-refractivity contribution in [1.29, 1.82) is 0 Å². The highest BCUT2D eigenvalue weighted by Gasteiger charge is 2.36. The third-order valence-electron chi connectivity index (χ3n) is 3.30. The van der Waals surface area contributed by atoms with Crippen molar-refractivity contribution in [3.05, 3.63) is 0 Å². The molecular formula is C14H29NO5. The Bertz CT molecular complexity index is 244. The summed E-state index contributed by atoms with van der Waals surface area (Å²) in [6.07, 6.45) is 1.22. The first-order chi connectivity index (χ1) is 9.66. The predicted molar refractivity (Wildman–Crippen MR) is 76.5 cm³/mol. The van der Waals surface area contributed by atoms with Crippen LogP contribution in [0.25, 0.3) is 0 Å². The van der Waals surface area contributed by atoms with E-state index in [0.717, 1.165) is 0 Å². The summed E-state index contributed by atoms with van der Waals surface area (Å²) in [4.78, 5) is 12.0. The number of ether oxygens (including phenoxy) is 4. The molecule has 0 aromatic rings. The lowest BCUT2D eigenvalue weighted by Gasteiger charge is -2.28. The van der Waals surface area contributed by atoms with E-state index in [4.69, 9.17) is 24.7 Å². The number of rotatable bonds is 13. The number of methoxy groups -OCH3 is 1. The van der Waals surface area contributed by atoms with Gasteiger partial charge in [-0.05, 0) is 19.8 Å². The van der Waals surface area contributed by atoms with Gasteiger partial charge in [0.1, 0.15) is 0 Å². The number of carbonyl (C=O) groups is 1. The van der Waals surface area contributed by atoms with Gasteiger partial charge in [-0.2, -0.15) is 0 Å². The molecule has 1 atom stereocenters. The highest BCUT2D eigenvalue weighted by Crippen LogP contribution is 2.27. The first-order valence-electron chi connectivity index (χ1n) is 7.18. The zero-order valence-electron chi connectivity index (χ0n) is 13.0. The van der Waals surface area contributed by atoms with Gasteiger partial charge >= 0.3 is 5.97 Å². The quantitative estimate of drug-likeness (QED) is 0.402. The molecule has 1 unspecified atom stereocenters. The SMILES string of the molecule is CCOC(=O)C(CC)(CN)CCOCCOCCOC. The Balaban J connectivity index is 3.89. The average Bonchev–Trinajstić information content (AvgIpc) is 2.46. The molecule has 0 rings (SSSR count). The van der Waals surface area contributed by atoms with Gasteiger partial charge in [0.15, 0.2) is 0 Å². The van der Waals surface area contributed by atoms with E-state index in [1.165, 1.54) is 0 Å². The summed E-state index contributed by atoms with van der Waals surface area (Å²) in [6.45, 7) is 7.00. The van der Waals surface area contributed by atoms with Crippen LogP contribution in [0, 0.1) is 5.41 Å². The molecule has 0 fully saturated rings. The monoisotopic (exact) mass is 291 g/mol. The molecule has 0 aromatic carbocycles. The fraction of sp³-hybridized carbons (Fsp3) is 0.929. The van der Waals surface area contributed by atoms with E-state index in [-0.39, 0.29) is 12.5 Å². The van der Waals surface area contributed by atoms with E-state index in [1.807, 2.05) is 6.92 Å². The summed E-state index contributed by atoms with van der Waals surface area (Å²) in [5.74, 6) is -0.232. The van der Waals surface area contributed by atoms with Crippen molar-refractivity contribution in [3.8, 4) is 0 Å². The molecule has 0 saturated carbocycles. The van der Waals surface area contributed by atoms with Gasteiger partial charge in [-0.3, -0.25) is 4.79 Å². The summed E-state index contributed by atoms with van der Waals surface area (Å²) in [5.41, 5.74) is 5.12. The van der Waals surface area contributed by atoms with E-state index < -0.39 is 5.41 Å². The molecule has 0 saturated heterocycles. The number of nitrogens with two attached hydrogens (primary N) is 1. The Hall–Kier alpha value is -0.690. The molecule has 0 aliphatic carbocycles. The van der Waals surface area contributed by atoms with Gasteiger partial charge in [-0.25, -0.2) is 0 Å². The lowest BCUT2D eigenvalue weighted by Crippen LogP contribution is -2.40. The van der Waals surface area contributed by atoms with Crippen LogP contribution < -0.4 is 5.73 Å². The number of carbonyl (C=O) groups excluding carboxylic acids is 1. The molecular weight excluding hydrogens is 262 g/mol. The molecule has 6 nitrogen and oxygen atoms in total. The first kappa shape index (κ1) is 19.3. The maximum atomic E-state index is 12.0. The van der Waals surface area contributed by atoms with Crippen molar-refractivity contribution in [3.63, 3.8) is 0 Å². The van der Waals surface area contributed by atoms with Crippen LogP contribution in [0.3, 0.4) is 0 Å². The summed E-state index contributed by atoms with van der Waals surface area (Å²) < 4.78 is 20.7. The summed E-state index contributed by atoms with van der Waals surface area (Å²) in [7, 11) is 1.63. The minimum Gasteiger partial charge on any atom is -0.466 e. The van der Waals surface area contributed by atoms with Crippen molar-refractivity contribution >= 4 is 5.97 Å². The standard InChI is InChI=1S/C14H29NO5/c1-4-14(12-15,13(16)20-5-2)6-7-18-10-11-19-9-8-17-3/h4-12,15H2,1-3H3. The van der Waals surface area contributed by atoms with Crippen molar-refractivity contribution < 1.29 is 23.7 Å².